The van der Waals surface area contributed by atoms with Crippen molar-refractivity contribution in [2.24, 2.45) is 4.99 Å². The topological polar surface area (TPSA) is 44.7 Å². The van der Waals surface area contributed by atoms with Crippen molar-refractivity contribution in [3.05, 3.63) is 29.3 Å². The maximum Gasteiger partial charge on any atom is 0.196 e. The zero-order chi connectivity index (χ0) is 9.97. The summed E-state index contributed by atoms with van der Waals surface area (Å²) in [6.07, 6.45) is 1.74. The molecule has 4 nitrogen and oxygen atoms in total. The van der Waals surface area contributed by atoms with E-state index in [1.165, 1.54) is 6.34 Å². The average Bonchev–Trinajstić information content (AvgIpc) is 2.65. The maximum absolute atomic E-state index is 10.6. The van der Waals surface area contributed by atoms with Crippen molar-refractivity contribution in [2.45, 2.75) is 6.17 Å². The van der Waals surface area contributed by atoms with Crippen LogP contribution >= 0.6 is 11.6 Å². The van der Waals surface area contributed by atoms with Gasteiger partial charge in [0.15, 0.2) is 12.5 Å². The van der Waals surface area contributed by atoms with E-state index in [9.17, 15) is 4.79 Å². The third kappa shape index (κ3) is 1.56. The van der Waals surface area contributed by atoms with Gasteiger partial charge in [0.2, 0.25) is 0 Å². The van der Waals surface area contributed by atoms with Gasteiger partial charge >= 0.3 is 0 Å². The third-order valence-corrected chi connectivity index (χ3v) is 2.13. The summed E-state index contributed by atoms with van der Waals surface area (Å²) in [5.74, 6) is 0. The van der Waals surface area contributed by atoms with Gasteiger partial charge in [-0.25, -0.2) is 4.99 Å². The first-order chi connectivity index (χ1) is 6.81. The Bertz CT molecular complexity index is 380. The van der Waals surface area contributed by atoms with Gasteiger partial charge in [-0.15, -0.1) is 0 Å². The average molecular weight is 210 g/mol. The molecule has 0 amide bonds. The Kier molecular flexibility index (Phi) is 2.37. The van der Waals surface area contributed by atoms with Crippen LogP contribution in [0, 0.1) is 0 Å². The molecule has 14 heavy (non-hydrogen) atoms. The summed E-state index contributed by atoms with van der Waals surface area (Å²) >= 11 is 5.83. The first-order valence-electron chi connectivity index (χ1n) is 4.09. The first kappa shape index (κ1) is 9.02. The van der Waals surface area contributed by atoms with Crippen LogP contribution in [0.15, 0.2) is 29.3 Å². The Morgan fingerprint density at radius 3 is 3.14 bits per heavy atom. The predicted octanol–water partition coefficient (Wildman–Crippen LogP) is 1.22. The highest BCUT2D eigenvalue weighted by molar-refractivity contribution is 6.30. The minimum absolute atomic E-state index is 0.506. The number of rotatable bonds is 2. The molecule has 0 spiro atoms. The molecule has 1 aliphatic rings. The number of aliphatic imine (C=N–C) groups is 1. The summed E-state index contributed by atoms with van der Waals surface area (Å²) in [6, 6.07) is 7.21. The number of nitrogens with one attached hydrogen (secondary N) is 1. The number of hydrazine groups is 1. The summed E-state index contributed by atoms with van der Waals surface area (Å²) in [7, 11) is 0. The Hall–Kier alpha value is -1.55. The lowest BCUT2D eigenvalue weighted by Gasteiger charge is -2.21. The van der Waals surface area contributed by atoms with Gasteiger partial charge in [0.25, 0.3) is 0 Å². The molecule has 1 atom stereocenters. The van der Waals surface area contributed by atoms with Gasteiger partial charge in [-0.05, 0) is 18.2 Å². The summed E-state index contributed by atoms with van der Waals surface area (Å²) in [6.45, 7) is 0. The number of anilines is 1. The second kappa shape index (κ2) is 3.67. The van der Waals surface area contributed by atoms with Crippen molar-refractivity contribution in [1.82, 2.24) is 5.43 Å². The van der Waals surface area contributed by atoms with Gasteiger partial charge in [0, 0.05) is 5.02 Å². The molecule has 1 aliphatic heterocycles. The van der Waals surface area contributed by atoms with Gasteiger partial charge in [-0.2, -0.15) is 0 Å². The van der Waals surface area contributed by atoms with Crippen molar-refractivity contribution >= 4 is 29.9 Å². The van der Waals surface area contributed by atoms with Crippen molar-refractivity contribution in [2.75, 3.05) is 5.01 Å². The van der Waals surface area contributed by atoms with Gasteiger partial charge in [-0.1, -0.05) is 17.7 Å². The second-order valence-corrected chi connectivity index (χ2v) is 3.24. The Labute approximate surface area is 86.2 Å². The SMILES string of the molecule is O=CC1N=CNN1c1cccc(Cl)c1. The fourth-order valence-corrected chi connectivity index (χ4v) is 1.45. The van der Waals surface area contributed by atoms with E-state index >= 15 is 0 Å². The van der Waals surface area contributed by atoms with Crippen LogP contribution in [0.4, 0.5) is 5.69 Å². The molecule has 0 radical (unpaired) electrons. The van der Waals surface area contributed by atoms with Gasteiger partial charge in [-0.3, -0.25) is 15.2 Å². The maximum atomic E-state index is 10.6. The smallest absolute Gasteiger partial charge is 0.196 e. The Balaban J connectivity index is 2.27. The van der Waals surface area contributed by atoms with E-state index in [2.05, 4.69) is 10.4 Å². The summed E-state index contributed by atoms with van der Waals surface area (Å²) in [5.41, 5.74) is 3.67. The van der Waals surface area contributed by atoms with Crippen LogP contribution in [0.2, 0.25) is 5.02 Å². The van der Waals surface area contributed by atoms with Crippen LogP contribution in [-0.2, 0) is 4.79 Å². The number of hydrogen-bond donors (Lipinski definition) is 1. The molecule has 1 unspecified atom stereocenters. The van der Waals surface area contributed by atoms with E-state index in [1.807, 2.05) is 12.1 Å². The quantitative estimate of drug-likeness (QED) is 0.745. The first-order valence-corrected chi connectivity index (χ1v) is 4.47. The normalized spacial score (nSPS) is 19.5. The minimum atomic E-state index is -0.506. The lowest BCUT2D eigenvalue weighted by Crippen LogP contribution is -2.39. The van der Waals surface area contributed by atoms with Crippen LogP contribution in [0.25, 0.3) is 0 Å². The van der Waals surface area contributed by atoms with E-state index < -0.39 is 6.17 Å². The van der Waals surface area contributed by atoms with E-state index in [0.29, 0.717) is 5.02 Å². The fourth-order valence-electron chi connectivity index (χ4n) is 1.26. The number of carbonyl (C=O) groups is 1. The van der Waals surface area contributed by atoms with E-state index in [-0.39, 0.29) is 0 Å². The van der Waals surface area contributed by atoms with E-state index in [1.54, 1.807) is 17.1 Å². The zero-order valence-corrected chi connectivity index (χ0v) is 7.98. The van der Waals surface area contributed by atoms with E-state index in [0.717, 1.165) is 12.0 Å². The highest BCUT2D eigenvalue weighted by Crippen LogP contribution is 2.20. The molecule has 0 bridgehead atoms. The summed E-state index contributed by atoms with van der Waals surface area (Å²) in [5, 5.41) is 2.26. The molecule has 0 saturated heterocycles. The van der Waals surface area contributed by atoms with E-state index in [4.69, 9.17) is 11.6 Å². The van der Waals surface area contributed by atoms with Crippen molar-refractivity contribution in [3.63, 3.8) is 0 Å². The molecule has 2 rings (SSSR count). The molecule has 1 heterocycles. The van der Waals surface area contributed by atoms with Gasteiger partial charge in [0.05, 0.1) is 5.69 Å². The highest BCUT2D eigenvalue weighted by Gasteiger charge is 2.20. The Morgan fingerprint density at radius 1 is 1.57 bits per heavy atom. The number of aldehydes is 1. The number of nitrogens with zero attached hydrogens (tertiary/aromatic N) is 2. The highest BCUT2D eigenvalue weighted by atomic mass is 35.5. The van der Waals surface area contributed by atoms with Gasteiger partial charge < -0.3 is 0 Å². The molecule has 0 saturated carbocycles. The van der Waals surface area contributed by atoms with Crippen molar-refractivity contribution < 1.29 is 4.79 Å². The van der Waals surface area contributed by atoms with Crippen LogP contribution in [0.3, 0.4) is 0 Å². The molecular weight excluding hydrogens is 202 g/mol. The molecule has 5 heteroatoms. The lowest BCUT2D eigenvalue weighted by atomic mass is 10.3. The molecule has 1 aromatic rings. The standard InChI is InChI=1S/C9H8ClN3O/c10-7-2-1-3-8(4-7)13-9(5-14)11-6-12-13/h1-6,9H,(H,11,12). The van der Waals surface area contributed by atoms with Crippen molar-refractivity contribution in [3.8, 4) is 0 Å². The minimum Gasteiger partial charge on any atom is -0.299 e. The van der Waals surface area contributed by atoms with Crippen LogP contribution in [0.5, 0.6) is 0 Å². The monoisotopic (exact) mass is 209 g/mol. The molecule has 1 N–H and O–H groups in total. The number of hydrogen-bond acceptors (Lipinski definition) is 4. The van der Waals surface area contributed by atoms with Crippen LogP contribution in [0.1, 0.15) is 0 Å². The number of carbonyl (C=O) groups excluding carboxylic acids is 1. The molecule has 1 aromatic carbocycles. The Morgan fingerprint density at radius 2 is 2.43 bits per heavy atom. The third-order valence-electron chi connectivity index (χ3n) is 1.90. The molecule has 72 valence electrons. The lowest BCUT2D eigenvalue weighted by molar-refractivity contribution is -0.108. The van der Waals surface area contributed by atoms with Crippen molar-refractivity contribution in [1.29, 1.82) is 0 Å². The predicted molar refractivity (Wildman–Crippen MR) is 55.4 cm³/mol. The van der Waals surface area contributed by atoms with Crippen LogP contribution < -0.4 is 10.4 Å². The fraction of sp³-hybridized carbons (Fsp3) is 0.111. The summed E-state index contributed by atoms with van der Waals surface area (Å²) < 4.78 is 0. The molecule has 0 aromatic heterocycles. The van der Waals surface area contributed by atoms with Gasteiger partial charge in [0.1, 0.15) is 6.34 Å². The van der Waals surface area contributed by atoms with Crippen LogP contribution in [-0.4, -0.2) is 18.8 Å². The molecular formula is C9H8ClN3O. The molecule has 0 fully saturated rings. The summed E-state index contributed by atoms with van der Waals surface area (Å²) in [4.78, 5) is 14.6. The zero-order valence-electron chi connectivity index (χ0n) is 7.22. The number of halogens is 1. The second-order valence-electron chi connectivity index (χ2n) is 2.81. The molecule has 0 aliphatic carbocycles. The number of benzene rings is 1. The largest absolute Gasteiger partial charge is 0.299 e.